The van der Waals surface area contributed by atoms with Crippen molar-refractivity contribution in [3.63, 3.8) is 0 Å². The summed E-state index contributed by atoms with van der Waals surface area (Å²) < 4.78 is 12.9. The predicted molar refractivity (Wildman–Crippen MR) is 93.1 cm³/mol. The molecule has 1 unspecified atom stereocenters. The molecule has 5 heteroatoms. The summed E-state index contributed by atoms with van der Waals surface area (Å²) in [6.07, 6.45) is 0.670. The van der Waals surface area contributed by atoms with Crippen LogP contribution in [0.2, 0.25) is 0 Å². The Labute approximate surface area is 142 Å². The molecule has 0 aliphatic rings. The van der Waals surface area contributed by atoms with E-state index in [1.54, 1.807) is 24.1 Å². The highest BCUT2D eigenvalue weighted by Crippen LogP contribution is 2.14. The van der Waals surface area contributed by atoms with Crippen molar-refractivity contribution in [3.05, 3.63) is 71.0 Å². The van der Waals surface area contributed by atoms with Gasteiger partial charge in [0.1, 0.15) is 11.9 Å². The van der Waals surface area contributed by atoms with E-state index in [1.807, 2.05) is 31.2 Å². The second kappa shape index (κ2) is 8.65. The van der Waals surface area contributed by atoms with E-state index >= 15 is 0 Å². The summed E-state index contributed by atoms with van der Waals surface area (Å²) in [6.45, 7) is 2.54. The molecule has 2 N–H and O–H groups in total. The van der Waals surface area contributed by atoms with E-state index in [1.165, 1.54) is 12.1 Å². The molecular weight excluding hydrogens is 315 g/mol. The standard InChI is InChI=1S/C18H21FN2O.ClH/c1-13-3-7-15(8-4-13)17(20)18(22)21(2)12-11-14-5-9-16(19)10-6-14;/h3-10,17H,11-12,20H2,1-2H3;1H. The first kappa shape index (κ1) is 19.1. The summed E-state index contributed by atoms with van der Waals surface area (Å²) in [4.78, 5) is 14.0. The predicted octanol–water partition coefficient (Wildman–Crippen LogP) is 3.26. The molecule has 2 aromatic carbocycles. The number of hydrogen-bond acceptors (Lipinski definition) is 2. The molecule has 23 heavy (non-hydrogen) atoms. The summed E-state index contributed by atoms with van der Waals surface area (Å²) in [5.74, 6) is -0.375. The van der Waals surface area contributed by atoms with Crippen LogP contribution in [0.25, 0.3) is 0 Å². The zero-order valence-corrected chi connectivity index (χ0v) is 14.1. The molecule has 0 radical (unpaired) electrons. The summed E-state index contributed by atoms with van der Waals surface area (Å²) in [5, 5.41) is 0. The zero-order chi connectivity index (χ0) is 16.1. The fourth-order valence-corrected chi connectivity index (χ4v) is 2.21. The minimum atomic E-state index is -0.654. The molecule has 0 aromatic heterocycles. The molecule has 1 amide bonds. The fourth-order valence-electron chi connectivity index (χ4n) is 2.21. The first-order valence-electron chi connectivity index (χ1n) is 7.29. The van der Waals surface area contributed by atoms with Crippen LogP contribution >= 0.6 is 12.4 Å². The number of nitrogens with zero attached hydrogens (tertiary/aromatic N) is 1. The van der Waals surface area contributed by atoms with E-state index in [0.717, 1.165) is 16.7 Å². The van der Waals surface area contributed by atoms with Gasteiger partial charge in [-0.25, -0.2) is 4.39 Å². The highest BCUT2D eigenvalue weighted by molar-refractivity contribution is 5.85. The number of hydrogen-bond donors (Lipinski definition) is 1. The Morgan fingerprint density at radius 1 is 1.13 bits per heavy atom. The summed E-state index contributed by atoms with van der Waals surface area (Å²) in [6, 6.07) is 13.3. The topological polar surface area (TPSA) is 46.3 Å². The summed E-state index contributed by atoms with van der Waals surface area (Å²) in [5.41, 5.74) is 8.97. The van der Waals surface area contributed by atoms with Gasteiger partial charge in [-0.1, -0.05) is 42.0 Å². The van der Waals surface area contributed by atoms with Crippen molar-refractivity contribution in [2.24, 2.45) is 5.73 Å². The Morgan fingerprint density at radius 2 is 1.70 bits per heavy atom. The Balaban J connectivity index is 0.00000264. The largest absolute Gasteiger partial charge is 0.344 e. The maximum atomic E-state index is 12.9. The SMILES string of the molecule is Cc1ccc(C(N)C(=O)N(C)CCc2ccc(F)cc2)cc1.Cl. The van der Waals surface area contributed by atoms with E-state index in [0.29, 0.717) is 13.0 Å². The van der Waals surface area contributed by atoms with Gasteiger partial charge in [-0.3, -0.25) is 4.79 Å². The molecule has 1 atom stereocenters. The van der Waals surface area contributed by atoms with Gasteiger partial charge in [0, 0.05) is 13.6 Å². The molecule has 0 fully saturated rings. The van der Waals surface area contributed by atoms with Gasteiger partial charge < -0.3 is 10.6 Å². The summed E-state index contributed by atoms with van der Waals surface area (Å²) >= 11 is 0. The molecule has 0 bridgehead atoms. The van der Waals surface area contributed by atoms with Crippen molar-refractivity contribution in [1.82, 2.24) is 4.90 Å². The lowest BCUT2D eigenvalue weighted by Crippen LogP contribution is -2.37. The van der Waals surface area contributed by atoms with E-state index < -0.39 is 6.04 Å². The molecule has 2 rings (SSSR count). The normalized spacial score (nSPS) is 11.5. The second-order valence-corrected chi connectivity index (χ2v) is 5.52. The average molecular weight is 337 g/mol. The first-order valence-corrected chi connectivity index (χ1v) is 7.29. The number of carbonyl (C=O) groups is 1. The maximum absolute atomic E-state index is 12.9. The van der Waals surface area contributed by atoms with Crippen LogP contribution in [0.3, 0.4) is 0 Å². The van der Waals surface area contributed by atoms with Crippen LogP contribution in [-0.2, 0) is 11.2 Å². The van der Waals surface area contributed by atoms with Crippen LogP contribution in [-0.4, -0.2) is 24.4 Å². The number of rotatable bonds is 5. The van der Waals surface area contributed by atoms with E-state index in [4.69, 9.17) is 5.73 Å². The van der Waals surface area contributed by atoms with Crippen molar-refractivity contribution in [1.29, 1.82) is 0 Å². The van der Waals surface area contributed by atoms with Crippen LogP contribution in [0, 0.1) is 12.7 Å². The molecule has 124 valence electrons. The monoisotopic (exact) mass is 336 g/mol. The number of carbonyl (C=O) groups excluding carboxylic acids is 1. The fraction of sp³-hybridized carbons (Fsp3) is 0.278. The van der Waals surface area contributed by atoms with Gasteiger partial charge >= 0.3 is 0 Å². The summed E-state index contributed by atoms with van der Waals surface area (Å²) in [7, 11) is 1.74. The minimum Gasteiger partial charge on any atom is -0.344 e. The number of halogens is 2. The quantitative estimate of drug-likeness (QED) is 0.911. The van der Waals surface area contributed by atoms with Gasteiger partial charge in [0.25, 0.3) is 0 Å². The van der Waals surface area contributed by atoms with Crippen molar-refractivity contribution >= 4 is 18.3 Å². The highest BCUT2D eigenvalue weighted by atomic mass is 35.5. The van der Waals surface area contributed by atoms with Gasteiger partial charge in [-0.2, -0.15) is 0 Å². The van der Waals surface area contributed by atoms with Crippen LogP contribution in [0.15, 0.2) is 48.5 Å². The molecule has 0 saturated carbocycles. The van der Waals surface area contributed by atoms with Crippen LogP contribution in [0.4, 0.5) is 4.39 Å². The Hall–Kier alpha value is -1.91. The highest BCUT2D eigenvalue weighted by Gasteiger charge is 2.19. The third kappa shape index (κ3) is 5.34. The smallest absolute Gasteiger partial charge is 0.243 e. The lowest BCUT2D eigenvalue weighted by atomic mass is 10.0. The molecule has 0 aliphatic heterocycles. The molecule has 2 aromatic rings. The number of aryl methyl sites for hydroxylation is 1. The van der Waals surface area contributed by atoms with Gasteiger partial charge in [0.05, 0.1) is 0 Å². The zero-order valence-electron chi connectivity index (χ0n) is 13.3. The van der Waals surface area contributed by atoms with Crippen molar-refractivity contribution < 1.29 is 9.18 Å². The Bertz CT molecular complexity index is 628. The van der Waals surface area contributed by atoms with Gasteiger partial charge in [0.15, 0.2) is 0 Å². The molecule has 3 nitrogen and oxygen atoms in total. The van der Waals surface area contributed by atoms with Crippen LogP contribution in [0.1, 0.15) is 22.7 Å². The molecule has 0 saturated heterocycles. The molecule has 0 aliphatic carbocycles. The average Bonchev–Trinajstić information content (AvgIpc) is 2.53. The third-order valence-electron chi connectivity index (χ3n) is 3.73. The maximum Gasteiger partial charge on any atom is 0.243 e. The van der Waals surface area contributed by atoms with Crippen LogP contribution in [0.5, 0.6) is 0 Å². The Kier molecular flexibility index (Phi) is 7.20. The number of nitrogens with two attached hydrogens (primary N) is 1. The minimum absolute atomic E-state index is 0. The van der Waals surface area contributed by atoms with Gasteiger partial charge in [-0.05, 0) is 36.6 Å². The van der Waals surface area contributed by atoms with Gasteiger partial charge in [0.2, 0.25) is 5.91 Å². The first-order chi connectivity index (χ1) is 10.5. The number of likely N-dealkylation sites (N-methyl/N-ethyl adjacent to an activating group) is 1. The van der Waals surface area contributed by atoms with Crippen LogP contribution < -0.4 is 5.73 Å². The lowest BCUT2D eigenvalue weighted by molar-refractivity contribution is -0.131. The van der Waals surface area contributed by atoms with Crippen molar-refractivity contribution in [3.8, 4) is 0 Å². The van der Waals surface area contributed by atoms with Gasteiger partial charge in [-0.15, -0.1) is 12.4 Å². The second-order valence-electron chi connectivity index (χ2n) is 5.52. The van der Waals surface area contributed by atoms with E-state index in [9.17, 15) is 9.18 Å². The molecular formula is C18H22ClFN2O. The lowest BCUT2D eigenvalue weighted by Gasteiger charge is -2.21. The van der Waals surface area contributed by atoms with E-state index in [2.05, 4.69) is 0 Å². The van der Waals surface area contributed by atoms with E-state index in [-0.39, 0.29) is 24.1 Å². The Morgan fingerprint density at radius 3 is 2.26 bits per heavy atom. The van der Waals surface area contributed by atoms with Crippen molar-refractivity contribution in [2.75, 3.05) is 13.6 Å². The van der Waals surface area contributed by atoms with Crippen molar-refractivity contribution in [2.45, 2.75) is 19.4 Å². The number of amides is 1. The molecule has 0 spiro atoms. The molecule has 0 heterocycles. The number of benzene rings is 2. The third-order valence-corrected chi connectivity index (χ3v) is 3.73.